The second kappa shape index (κ2) is 7.11. The number of aromatic nitrogens is 4. The number of aryl methyl sites for hydroxylation is 2. The molecule has 0 unspecified atom stereocenters. The van der Waals surface area contributed by atoms with E-state index >= 15 is 0 Å². The number of hydrogen-bond donors (Lipinski definition) is 3. The number of H-pyrrole nitrogens is 1. The molecule has 0 amide bonds. The van der Waals surface area contributed by atoms with Crippen LogP contribution in [0.2, 0.25) is 0 Å². The Hall–Kier alpha value is -2.96. The highest BCUT2D eigenvalue weighted by atomic mass is 16.3. The van der Waals surface area contributed by atoms with Crippen molar-refractivity contribution in [2.24, 2.45) is 0 Å². The number of nitrogens with one attached hydrogen (secondary N) is 2. The van der Waals surface area contributed by atoms with Crippen molar-refractivity contribution in [3.63, 3.8) is 0 Å². The maximum Gasteiger partial charge on any atom is 0.259 e. The lowest BCUT2D eigenvalue weighted by atomic mass is 9.99. The number of aromatic hydroxyl groups is 1. The van der Waals surface area contributed by atoms with Crippen molar-refractivity contribution < 1.29 is 5.11 Å². The van der Waals surface area contributed by atoms with Gasteiger partial charge in [-0.05, 0) is 38.3 Å². The number of rotatable bonds is 5. The summed E-state index contributed by atoms with van der Waals surface area (Å²) < 4.78 is 0. The van der Waals surface area contributed by atoms with Crippen LogP contribution in [0.5, 0.6) is 5.88 Å². The molecule has 7 nitrogen and oxygen atoms in total. The van der Waals surface area contributed by atoms with Crippen molar-refractivity contribution in [3.05, 3.63) is 45.4 Å². The van der Waals surface area contributed by atoms with Gasteiger partial charge in [-0.3, -0.25) is 15.1 Å². The van der Waals surface area contributed by atoms with Crippen LogP contribution in [0.15, 0.2) is 23.0 Å². The summed E-state index contributed by atoms with van der Waals surface area (Å²) in [6, 6.07) is 5.94. The Morgan fingerprint density at radius 1 is 1.23 bits per heavy atom. The minimum atomic E-state index is -0.353. The van der Waals surface area contributed by atoms with Gasteiger partial charge in [0, 0.05) is 5.39 Å². The van der Waals surface area contributed by atoms with Gasteiger partial charge in [-0.25, -0.2) is 9.97 Å². The fourth-order valence-corrected chi connectivity index (χ4v) is 3.11. The fourth-order valence-electron chi connectivity index (χ4n) is 3.11. The van der Waals surface area contributed by atoms with Crippen LogP contribution in [0.1, 0.15) is 49.4 Å². The Balaban J connectivity index is 1.95. The predicted molar refractivity (Wildman–Crippen MR) is 102 cm³/mol. The lowest BCUT2D eigenvalue weighted by molar-refractivity contribution is 0.436. The van der Waals surface area contributed by atoms with Crippen LogP contribution in [0, 0.1) is 13.8 Å². The van der Waals surface area contributed by atoms with Crippen molar-refractivity contribution in [1.82, 2.24) is 19.9 Å². The second-order valence-corrected chi connectivity index (χ2v) is 6.62. The first kappa shape index (κ1) is 17.8. The monoisotopic (exact) mass is 353 g/mol. The molecule has 3 aromatic rings. The summed E-state index contributed by atoms with van der Waals surface area (Å²) in [5.41, 5.74) is 2.71. The van der Waals surface area contributed by atoms with E-state index in [9.17, 15) is 9.90 Å². The maximum absolute atomic E-state index is 12.3. The van der Waals surface area contributed by atoms with Crippen LogP contribution in [0.4, 0.5) is 11.9 Å². The zero-order valence-corrected chi connectivity index (χ0v) is 15.4. The van der Waals surface area contributed by atoms with E-state index in [0.29, 0.717) is 11.5 Å². The van der Waals surface area contributed by atoms with E-state index in [4.69, 9.17) is 0 Å². The van der Waals surface area contributed by atoms with E-state index in [-0.39, 0.29) is 23.3 Å². The molecule has 7 heteroatoms. The van der Waals surface area contributed by atoms with Gasteiger partial charge in [-0.15, -0.1) is 0 Å². The molecule has 2 aromatic heterocycles. The van der Waals surface area contributed by atoms with Gasteiger partial charge >= 0.3 is 0 Å². The van der Waals surface area contributed by atoms with Gasteiger partial charge < -0.3 is 5.11 Å². The first-order valence-electron chi connectivity index (χ1n) is 8.74. The van der Waals surface area contributed by atoms with E-state index in [1.165, 1.54) is 0 Å². The third kappa shape index (κ3) is 3.51. The van der Waals surface area contributed by atoms with Gasteiger partial charge in [-0.2, -0.15) is 4.98 Å². The van der Waals surface area contributed by atoms with Gasteiger partial charge in [0.2, 0.25) is 17.8 Å². The highest BCUT2D eigenvalue weighted by Crippen LogP contribution is 2.25. The summed E-state index contributed by atoms with van der Waals surface area (Å²) in [4.78, 5) is 27.9. The molecule has 0 saturated heterocycles. The number of aromatic amines is 1. The topological polar surface area (TPSA) is 104 Å². The Morgan fingerprint density at radius 3 is 2.69 bits per heavy atom. The van der Waals surface area contributed by atoms with Gasteiger partial charge in [0.1, 0.15) is 0 Å². The molecule has 2 heterocycles. The van der Waals surface area contributed by atoms with Gasteiger partial charge in [-0.1, -0.05) is 31.9 Å². The van der Waals surface area contributed by atoms with Crippen molar-refractivity contribution in [2.75, 3.05) is 5.32 Å². The highest BCUT2D eigenvalue weighted by molar-refractivity contribution is 5.82. The van der Waals surface area contributed by atoms with Crippen LogP contribution < -0.4 is 10.9 Å². The molecule has 0 aliphatic carbocycles. The minimum absolute atomic E-state index is 0.0623. The number of fused-ring (bicyclic) bond motifs is 1. The zero-order chi connectivity index (χ0) is 18.8. The number of anilines is 2. The first-order chi connectivity index (χ1) is 12.4. The van der Waals surface area contributed by atoms with Crippen molar-refractivity contribution >= 4 is 22.8 Å². The van der Waals surface area contributed by atoms with E-state index in [0.717, 1.165) is 35.0 Å². The van der Waals surface area contributed by atoms with Gasteiger partial charge in [0.05, 0.1) is 16.8 Å². The van der Waals surface area contributed by atoms with E-state index < -0.39 is 0 Å². The molecule has 0 saturated carbocycles. The summed E-state index contributed by atoms with van der Waals surface area (Å²) in [5.74, 6) is 0.111. The van der Waals surface area contributed by atoms with E-state index in [1.807, 2.05) is 45.9 Å². The summed E-state index contributed by atoms with van der Waals surface area (Å²) in [5, 5.41) is 14.1. The normalized spacial score (nSPS) is 12.3. The molecule has 0 aliphatic heterocycles. The summed E-state index contributed by atoms with van der Waals surface area (Å²) >= 11 is 0. The SMILES string of the molecule is CCC[C@@H](C)c1c(O)nc(Nc2nc(C)c3cc(C)ccc3n2)[nH]c1=O. The molecule has 1 atom stereocenters. The Morgan fingerprint density at radius 2 is 2.00 bits per heavy atom. The van der Waals surface area contributed by atoms with E-state index in [2.05, 4.69) is 25.3 Å². The average molecular weight is 353 g/mol. The largest absolute Gasteiger partial charge is 0.493 e. The number of hydrogen-bond acceptors (Lipinski definition) is 6. The lowest BCUT2D eigenvalue weighted by Crippen LogP contribution is -2.18. The Kier molecular flexibility index (Phi) is 4.88. The van der Waals surface area contributed by atoms with Crippen LogP contribution in [-0.2, 0) is 0 Å². The van der Waals surface area contributed by atoms with Crippen LogP contribution >= 0.6 is 0 Å². The molecule has 0 radical (unpaired) electrons. The molecule has 26 heavy (non-hydrogen) atoms. The summed E-state index contributed by atoms with van der Waals surface area (Å²) in [6.07, 6.45) is 1.72. The molecule has 3 N–H and O–H groups in total. The predicted octanol–water partition coefficient (Wildman–Crippen LogP) is 3.68. The molecular weight excluding hydrogens is 330 g/mol. The lowest BCUT2D eigenvalue weighted by Gasteiger charge is -2.12. The molecule has 136 valence electrons. The van der Waals surface area contributed by atoms with Crippen LogP contribution in [-0.4, -0.2) is 25.0 Å². The van der Waals surface area contributed by atoms with Crippen LogP contribution in [0.3, 0.4) is 0 Å². The zero-order valence-electron chi connectivity index (χ0n) is 15.4. The van der Waals surface area contributed by atoms with Crippen molar-refractivity contribution in [1.29, 1.82) is 0 Å². The highest BCUT2D eigenvalue weighted by Gasteiger charge is 2.17. The fraction of sp³-hybridized carbons (Fsp3) is 0.368. The molecule has 3 rings (SSSR count). The summed E-state index contributed by atoms with van der Waals surface area (Å²) in [6.45, 7) is 7.85. The molecule has 0 bridgehead atoms. The van der Waals surface area contributed by atoms with Crippen molar-refractivity contribution in [3.8, 4) is 5.88 Å². The second-order valence-electron chi connectivity index (χ2n) is 6.62. The molecule has 0 fully saturated rings. The summed E-state index contributed by atoms with van der Waals surface area (Å²) in [7, 11) is 0. The Bertz CT molecular complexity index is 1010. The third-order valence-corrected chi connectivity index (χ3v) is 4.42. The average Bonchev–Trinajstić information content (AvgIpc) is 2.55. The van der Waals surface area contributed by atoms with E-state index in [1.54, 1.807) is 0 Å². The first-order valence-corrected chi connectivity index (χ1v) is 8.74. The molecular formula is C19H23N5O2. The molecule has 0 aliphatic rings. The minimum Gasteiger partial charge on any atom is -0.493 e. The third-order valence-electron chi connectivity index (χ3n) is 4.42. The molecule has 1 aromatic carbocycles. The standard InChI is InChI=1S/C19H23N5O2/c1-5-6-11(3)15-16(25)22-19(23-17(15)26)24-18-20-12(4)13-9-10(2)7-8-14(13)21-18/h7-9,11H,5-6H2,1-4H3,(H3,20,21,22,23,24,25,26)/t11-/m1/s1. The van der Waals surface area contributed by atoms with Gasteiger partial charge in [0.25, 0.3) is 5.56 Å². The Labute approximate surface area is 151 Å². The van der Waals surface area contributed by atoms with Crippen LogP contribution in [0.25, 0.3) is 10.9 Å². The smallest absolute Gasteiger partial charge is 0.259 e. The maximum atomic E-state index is 12.3. The quantitative estimate of drug-likeness (QED) is 0.646. The molecule has 0 spiro atoms. The number of nitrogens with zero attached hydrogens (tertiary/aromatic N) is 3. The number of benzene rings is 1. The van der Waals surface area contributed by atoms with Crippen molar-refractivity contribution in [2.45, 2.75) is 46.5 Å². The van der Waals surface area contributed by atoms with Gasteiger partial charge in [0.15, 0.2) is 0 Å².